The van der Waals surface area contributed by atoms with E-state index in [4.69, 9.17) is 10.8 Å². The Kier molecular flexibility index (Phi) is 3.51. The molecule has 0 spiro atoms. The summed E-state index contributed by atoms with van der Waals surface area (Å²) in [5, 5.41) is 8.77. The van der Waals surface area contributed by atoms with Crippen LogP contribution >= 0.6 is 0 Å². The summed E-state index contributed by atoms with van der Waals surface area (Å²) in [7, 11) is 0. The first-order chi connectivity index (χ1) is 5.86. The Balaban J connectivity index is 2.71. The molecule has 0 bridgehead atoms. The van der Waals surface area contributed by atoms with Crippen molar-refractivity contribution in [2.45, 2.75) is 6.61 Å². The molecule has 1 aromatic rings. The van der Waals surface area contributed by atoms with Gasteiger partial charge in [-0.3, -0.25) is 0 Å². The summed E-state index contributed by atoms with van der Waals surface area (Å²) in [6.45, 7) is 0.655. The molecular weight excluding hydrogens is 150 g/mol. The monoisotopic (exact) mass is 163 g/mol. The highest BCUT2D eigenvalue weighted by Crippen LogP contribution is 2.05. The van der Waals surface area contributed by atoms with Crippen LogP contribution in [0, 0.1) is 0 Å². The zero-order valence-corrected chi connectivity index (χ0v) is 6.90. The molecule has 0 fully saturated rings. The Bertz CT molecular complexity index is 251. The Morgan fingerprint density at radius 2 is 1.92 bits per heavy atom. The highest BCUT2D eigenvalue weighted by Gasteiger charge is 1.88. The second-order valence-corrected chi connectivity index (χ2v) is 2.54. The smallest absolute Gasteiger partial charge is 0.0681 e. The van der Waals surface area contributed by atoms with Gasteiger partial charge in [-0.25, -0.2) is 0 Å². The molecule has 0 heterocycles. The summed E-state index contributed by atoms with van der Waals surface area (Å²) in [6, 6.07) is 7.71. The molecule has 2 nitrogen and oxygen atoms in total. The van der Waals surface area contributed by atoms with E-state index in [1.165, 1.54) is 0 Å². The van der Waals surface area contributed by atoms with Gasteiger partial charge < -0.3 is 10.8 Å². The lowest BCUT2D eigenvalue weighted by atomic mass is 10.1. The fraction of sp³-hybridized carbons (Fsp3) is 0.200. The molecule has 1 aromatic carbocycles. The number of benzene rings is 1. The van der Waals surface area contributed by atoms with Gasteiger partial charge in [-0.15, -0.1) is 0 Å². The number of aliphatic hydroxyl groups is 1. The maximum atomic E-state index is 8.77. The molecule has 2 heteroatoms. The molecule has 0 aliphatic rings. The van der Waals surface area contributed by atoms with E-state index in [1.54, 1.807) is 0 Å². The summed E-state index contributed by atoms with van der Waals surface area (Å²) in [5.41, 5.74) is 7.35. The van der Waals surface area contributed by atoms with Crippen LogP contribution in [0.2, 0.25) is 0 Å². The van der Waals surface area contributed by atoms with Gasteiger partial charge in [-0.2, -0.15) is 0 Å². The van der Waals surface area contributed by atoms with Crippen LogP contribution in [0.15, 0.2) is 30.3 Å². The topological polar surface area (TPSA) is 46.2 Å². The number of rotatable bonds is 3. The summed E-state index contributed by atoms with van der Waals surface area (Å²) in [4.78, 5) is 0. The van der Waals surface area contributed by atoms with Crippen molar-refractivity contribution < 1.29 is 5.11 Å². The fourth-order valence-electron chi connectivity index (χ4n) is 0.938. The lowest BCUT2D eigenvalue weighted by Crippen LogP contribution is -1.91. The third-order valence-electron chi connectivity index (χ3n) is 1.61. The van der Waals surface area contributed by atoms with Gasteiger partial charge in [0.15, 0.2) is 0 Å². The van der Waals surface area contributed by atoms with Crippen LogP contribution in [-0.2, 0) is 6.61 Å². The van der Waals surface area contributed by atoms with Gasteiger partial charge in [0.05, 0.1) is 6.61 Å². The molecule has 0 saturated heterocycles. The maximum absolute atomic E-state index is 8.77. The van der Waals surface area contributed by atoms with Crippen LogP contribution in [0.25, 0.3) is 6.08 Å². The number of aliphatic hydroxyl groups excluding tert-OH is 1. The first kappa shape index (κ1) is 8.97. The summed E-state index contributed by atoms with van der Waals surface area (Å²) in [6.07, 6.45) is 3.86. The molecule has 0 radical (unpaired) electrons. The number of hydrogen-bond donors (Lipinski definition) is 2. The van der Waals surface area contributed by atoms with Crippen molar-refractivity contribution in [3.05, 3.63) is 41.5 Å². The van der Waals surface area contributed by atoms with Gasteiger partial charge in [0, 0.05) is 6.54 Å². The molecule has 12 heavy (non-hydrogen) atoms. The van der Waals surface area contributed by atoms with Gasteiger partial charge in [-0.05, 0) is 11.1 Å². The Hall–Kier alpha value is -1.12. The van der Waals surface area contributed by atoms with Crippen LogP contribution in [0.1, 0.15) is 11.1 Å². The summed E-state index contributed by atoms with van der Waals surface area (Å²) < 4.78 is 0. The average molecular weight is 163 g/mol. The molecule has 0 saturated carbocycles. The van der Waals surface area contributed by atoms with Crippen molar-refractivity contribution in [1.82, 2.24) is 0 Å². The summed E-state index contributed by atoms with van der Waals surface area (Å²) in [5.74, 6) is 0. The molecule has 1 rings (SSSR count). The van der Waals surface area contributed by atoms with E-state index in [0.29, 0.717) is 6.54 Å². The second kappa shape index (κ2) is 4.70. The van der Waals surface area contributed by atoms with Gasteiger partial charge >= 0.3 is 0 Å². The van der Waals surface area contributed by atoms with Crippen LogP contribution in [0.5, 0.6) is 0 Å². The van der Waals surface area contributed by atoms with Gasteiger partial charge in [0.25, 0.3) is 0 Å². The van der Waals surface area contributed by atoms with Crippen molar-refractivity contribution in [1.29, 1.82) is 0 Å². The normalized spacial score (nSPS) is 10.8. The van der Waals surface area contributed by atoms with Crippen LogP contribution in [-0.4, -0.2) is 11.7 Å². The number of hydrogen-bond acceptors (Lipinski definition) is 2. The van der Waals surface area contributed by atoms with Crippen LogP contribution in [0.3, 0.4) is 0 Å². The SMILES string of the molecule is NCC=Cc1ccc(CO)cc1. The quantitative estimate of drug-likeness (QED) is 0.702. The Morgan fingerprint density at radius 3 is 2.42 bits per heavy atom. The second-order valence-electron chi connectivity index (χ2n) is 2.54. The minimum atomic E-state index is 0.0981. The molecule has 0 amide bonds. The van der Waals surface area contributed by atoms with Gasteiger partial charge in [-0.1, -0.05) is 36.4 Å². The zero-order chi connectivity index (χ0) is 8.81. The van der Waals surface area contributed by atoms with E-state index in [0.717, 1.165) is 11.1 Å². The molecule has 64 valence electrons. The number of nitrogens with two attached hydrogens (primary N) is 1. The Morgan fingerprint density at radius 1 is 1.25 bits per heavy atom. The minimum absolute atomic E-state index is 0.0981. The lowest BCUT2D eigenvalue weighted by molar-refractivity contribution is 0.282. The van der Waals surface area contributed by atoms with Crippen molar-refractivity contribution in [3.8, 4) is 0 Å². The standard InChI is InChI=1S/C10H13NO/c11-7-1-2-9-3-5-10(8-12)6-4-9/h1-6,12H,7-8,11H2. The largest absolute Gasteiger partial charge is 0.392 e. The van der Waals surface area contributed by atoms with Crippen molar-refractivity contribution in [2.24, 2.45) is 5.73 Å². The van der Waals surface area contributed by atoms with Gasteiger partial charge in [0.1, 0.15) is 0 Å². The molecule has 0 unspecified atom stereocenters. The predicted molar refractivity (Wildman–Crippen MR) is 50.5 cm³/mol. The van der Waals surface area contributed by atoms with E-state index in [9.17, 15) is 0 Å². The third-order valence-corrected chi connectivity index (χ3v) is 1.61. The van der Waals surface area contributed by atoms with Crippen molar-refractivity contribution in [3.63, 3.8) is 0 Å². The third kappa shape index (κ3) is 2.49. The van der Waals surface area contributed by atoms with Gasteiger partial charge in [0.2, 0.25) is 0 Å². The lowest BCUT2D eigenvalue weighted by Gasteiger charge is -1.96. The molecule has 3 N–H and O–H groups in total. The molecular formula is C10H13NO. The van der Waals surface area contributed by atoms with Crippen LogP contribution in [0.4, 0.5) is 0 Å². The molecule has 0 aliphatic carbocycles. The first-order valence-corrected chi connectivity index (χ1v) is 3.93. The highest BCUT2D eigenvalue weighted by molar-refractivity contribution is 5.49. The first-order valence-electron chi connectivity index (χ1n) is 3.93. The molecule has 0 aromatic heterocycles. The van der Waals surface area contributed by atoms with Crippen LogP contribution < -0.4 is 5.73 Å². The van der Waals surface area contributed by atoms with E-state index < -0.39 is 0 Å². The highest BCUT2D eigenvalue weighted by atomic mass is 16.3. The molecule has 0 atom stereocenters. The predicted octanol–water partition coefficient (Wildman–Crippen LogP) is 1.15. The van der Waals surface area contributed by atoms with E-state index in [1.807, 2.05) is 36.4 Å². The van der Waals surface area contributed by atoms with E-state index >= 15 is 0 Å². The average Bonchev–Trinajstić information content (AvgIpc) is 2.15. The Labute approximate surface area is 72.3 Å². The fourth-order valence-corrected chi connectivity index (χ4v) is 0.938. The minimum Gasteiger partial charge on any atom is -0.392 e. The van der Waals surface area contributed by atoms with E-state index in [2.05, 4.69) is 0 Å². The zero-order valence-electron chi connectivity index (χ0n) is 6.90. The summed E-state index contributed by atoms with van der Waals surface area (Å²) >= 11 is 0. The van der Waals surface area contributed by atoms with Crippen molar-refractivity contribution in [2.75, 3.05) is 6.54 Å². The van der Waals surface area contributed by atoms with E-state index in [-0.39, 0.29) is 6.61 Å². The maximum Gasteiger partial charge on any atom is 0.0681 e. The molecule has 0 aliphatic heterocycles. The van der Waals surface area contributed by atoms with Crippen molar-refractivity contribution >= 4 is 6.08 Å².